The van der Waals surface area contributed by atoms with Gasteiger partial charge in [-0.05, 0) is 43.3 Å². The van der Waals surface area contributed by atoms with Crippen molar-refractivity contribution in [1.82, 2.24) is 10.6 Å². The summed E-state index contributed by atoms with van der Waals surface area (Å²) in [4.78, 5) is 0. The third-order valence-electron chi connectivity index (χ3n) is 2.99. The van der Waals surface area contributed by atoms with Crippen molar-refractivity contribution in [2.24, 2.45) is 0 Å². The van der Waals surface area contributed by atoms with Crippen molar-refractivity contribution in [1.29, 1.82) is 0 Å². The molecule has 0 radical (unpaired) electrons. The summed E-state index contributed by atoms with van der Waals surface area (Å²) in [5.41, 5.74) is 1.12. The zero-order chi connectivity index (χ0) is 13.7. The van der Waals surface area contributed by atoms with Gasteiger partial charge < -0.3 is 20.1 Å². The summed E-state index contributed by atoms with van der Waals surface area (Å²) < 4.78 is 10.6. The highest BCUT2D eigenvalue weighted by Crippen LogP contribution is 2.32. The lowest BCUT2D eigenvalue weighted by Gasteiger charge is -2.16. The largest absolute Gasteiger partial charge is 0.454 e. The Bertz CT molecular complexity index is 451. The molecule has 0 spiro atoms. The molecule has 0 aliphatic carbocycles. The number of ether oxygens (including phenoxy) is 2. The molecular weight excluding hydrogens is 260 g/mol. The molecule has 2 N–H and O–H groups in total. The van der Waals surface area contributed by atoms with E-state index in [9.17, 15) is 0 Å². The van der Waals surface area contributed by atoms with Crippen LogP contribution in [0.4, 0.5) is 0 Å². The van der Waals surface area contributed by atoms with Crippen molar-refractivity contribution >= 4 is 17.3 Å². The van der Waals surface area contributed by atoms with E-state index in [1.165, 1.54) is 0 Å². The van der Waals surface area contributed by atoms with Crippen molar-refractivity contribution in [3.05, 3.63) is 23.8 Å². The molecule has 0 saturated heterocycles. The van der Waals surface area contributed by atoms with Gasteiger partial charge in [0.25, 0.3) is 0 Å². The van der Waals surface area contributed by atoms with E-state index in [1.807, 2.05) is 18.2 Å². The van der Waals surface area contributed by atoms with Gasteiger partial charge in [-0.1, -0.05) is 19.4 Å². The summed E-state index contributed by atoms with van der Waals surface area (Å²) in [6, 6.07) is 6.32. The molecule has 2 rings (SSSR count). The Morgan fingerprint density at radius 1 is 1.37 bits per heavy atom. The summed E-state index contributed by atoms with van der Waals surface area (Å²) in [6.07, 6.45) is 2.27. The third kappa shape index (κ3) is 3.99. The van der Waals surface area contributed by atoms with Crippen LogP contribution in [0, 0.1) is 0 Å². The average Bonchev–Trinajstić information content (AvgIpc) is 2.83. The molecule has 0 amide bonds. The molecule has 0 aromatic heterocycles. The zero-order valence-corrected chi connectivity index (χ0v) is 12.2. The molecule has 1 aromatic rings. The van der Waals surface area contributed by atoms with Crippen LogP contribution in [0.3, 0.4) is 0 Å². The third-order valence-corrected chi connectivity index (χ3v) is 3.25. The van der Waals surface area contributed by atoms with Crippen LogP contribution < -0.4 is 20.1 Å². The summed E-state index contributed by atoms with van der Waals surface area (Å²) in [5.74, 6) is 1.61. The maximum Gasteiger partial charge on any atom is 0.231 e. The Balaban J connectivity index is 1.80. The molecule has 5 heteroatoms. The lowest BCUT2D eigenvalue weighted by atomic mass is 10.2. The highest BCUT2D eigenvalue weighted by Gasteiger charge is 2.13. The summed E-state index contributed by atoms with van der Waals surface area (Å²) >= 11 is 5.26. The molecule has 1 heterocycles. The number of thiocarbonyl (C=S) groups is 1. The molecule has 1 aliphatic rings. The van der Waals surface area contributed by atoms with Crippen molar-refractivity contribution in [3.8, 4) is 11.5 Å². The second-order valence-corrected chi connectivity index (χ2v) is 5.11. The number of nitrogens with one attached hydrogen (secondary N) is 2. The number of rotatable bonds is 5. The SMILES string of the molecule is CCC[C@H](C)NC(=S)NCc1ccc2c(c1)OCO2. The van der Waals surface area contributed by atoms with Gasteiger partial charge in [0.15, 0.2) is 16.6 Å². The van der Waals surface area contributed by atoms with Gasteiger partial charge in [-0.2, -0.15) is 0 Å². The predicted octanol–water partition coefficient (Wildman–Crippen LogP) is 2.57. The van der Waals surface area contributed by atoms with Crippen molar-refractivity contribution in [3.63, 3.8) is 0 Å². The van der Waals surface area contributed by atoms with E-state index < -0.39 is 0 Å². The van der Waals surface area contributed by atoms with Gasteiger partial charge in [-0.3, -0.25) is 0 Å². The van der Waals surface area contributed by atoms with Gasteiger partial charge in [0, 0.05) is 12.6 Å². The highest BCUT2D eigenvalue weighted by atomic mass is 32.1. The van der Waals surface area contributed by atoms with Crippen LogP contribution in [-0.4, -0.2) is 17.9 Å². The van der Waals surface area contributed by atoms with E-state index in [2.05, 4.69) is 24.5 Å². The number of hydrogen-bond acceptors (Lipinski definition) is 3. The quantitative estimate of drug-likeness (QED) is 0.812. The fourth-order valence-electron chi connectivity index (χ4n) is 2.01. The minimum Gasteiger partial charge on any atom is -0.454 e. The lowest BCUT2D eigenvalue weighted by Crippen LogP contribution is -2.40. The van der Waals surface area contributed by atoms with Crippen LogP contribution in [0.25, 0.3) is 0 Å². The van der Waals surface area contributed by atoms with E-state index in [-0.39, 0.29) is 0 Å². The van der Waals surface area contributed by atoms with Crippen LogP contribution >= 0.6 is 12.2 Å². The lowest BCUT2D eigenvalue weighted by molar-refractivity contribution is 0.174. The fraction of sp³-hybridized carbons (Fsp3) is 0.500. The number of benzene rings is 1. The van der Waals surface area contributed by atoms with Crippen molar-refractivity contribution in [2.45, 2.75) is 39.3 Å². The summed E-state index contributed by atoms with van der Waals surface area (Å²) in [6.45, 7) is 5.29. The first-order chi connectivity index (χ1) is 9.19. The van der Waals surface area contributed by atoms with Crippen LogP contribution in [0.2, 0.25) is 0 Å². The maximum absolute atomic E-state index is 5.34. The Morgan fingerprint density at radius 2 is 2.16 bits per heavy atom. The first kappa shape index (κ1) is 13.9. The van der Waals surface area contributed by atoms with Gasteiger partial charge in [0.2, 0.25) is 6.79 Å². The molecule has 4 nitrogen and oxygen atoms in total. The molecule has 19 heavy (non-hydrogen) atoms. The molecule has 0 unspecified atom stereocenters. The highest BCUT2D eigenvalue weighted by molar-refractivity contribution is 7.80. The van der Waals surface area contributed by atoms with Crippen molar-refractivity contribution < 1.29 is 9.47 Å². The molecule has 1 aliphatic heterocycles. The van der Waals surface area contributed by atoms with Gasteiger partial charge in [0.05, 0.1) is 0 Å². The zero-order valence-electron chi connectivity index (χ0n) is 11.4. The topological polar surface area (TPSA) is 42.5 Å². The fourth-order valence-corrected chi connectivity index (χ4v) is 2.29. The normalized spacial score (nSPS) is 14.0. The number of fused-ring (bicyclic) bond motifs is 1. The molecule has 0 saturated carbocycles. The molecule has 104 valence electrons. The van der Waals surface area contributed by atoms with Crippen LogP contribution in [-0.2, 0) is 6.54 Å². The standard InChI is InChI=1S/C14H20N2O2S/c1-3-4-10(2)16-14(19)15-8-11-5-6-12-13(7-11)18-9-17-12/h5-7,10H,3-4,8-9H2,1-2H3,(H2,15,16,19)/t10-/m0/s1. The number of hydrogen-bond donors (Lipinski definition) is 2. The minimum absolute atomic E-state index is 0.306. The molecule has 1 atom stereocenters. The molecule has 0 bridgehead atoms. The second-order valence-electron chi connectivity index (χ2n) is 4.70. The monoisotopic (exact) mass is 280 g/mol. The molecule has 1 aromatic carbocycles. The molecular formula is C14H20N2O2S. The van der Waals surface area contributed by atoms with Crippen molar-refractivity contribution in [2.75, 3.05) is 6.79 Å². The van der Waals surface area contributed by atoms with Gasteiger partial charge in [-0.25, -0.2) is 0 Å². The Hall–Kier alpha value is -1.49. The Labute approximate surface area is 119 Å². The van der Waals surface area contributed by atoms with Gasteiger partial charge in [-0.15, -0.1) is 0 Å². The van der Waals surface area contributed by atoms with Gasteiger partial charge in [0.1, 0.15) is 0 Å². The maximum atomic E-state index is 5.34. The second kappa shape index (κ2) is 6.61. The van der Waals surface area contributed by atoms with Crippen LogP contribution in [0.15, 0.2) is 18.2 Å². The predicted molar refractivity (Wildman–Crippen MR) is 79.5 cm³/mol. The van der Waals surface area contributed by atoms with Crippen LogP contribution in [0.5, 0.6) is 11.5 Å². The average molecular weight is 280 g/mol. The van der Waals surface area contributed by atoms with E-state index in [0.717, 1.165) is 29.9 Å². The summed E-state index contributed by atoms with van der Waals surface area (Å²) in [5, 5.41) is 7.16. The minimum atomic E-state index is 0.306. The Kier molecular flexibility index (Phi) is 4.85. The smallest absolute Gasteiger partial charge is 0.231 e. The van der Waals surface area contributed by atoms with E-state index >= 15 is 0 Å². The van der Waals surface area contributed by atoms with E-state index in [0.29, 0.717) is 24.5 Å². The molecule has 0 fully saturated rings. The van der Waals surface area contributed by atoms with Gasteiger partial charge >= 0.3 is 0 Å². The van der Waals surface area contributed by atoms with Crippen LogP contribution in [0.1, 0.15) is 32.3 Å². The van der Waals surface area contributed by atoms with E-state index in [1.54, 1.807) is 0 Å². The van der Waals surface area contributed by atoms with E-state index in [4.69, 9.17) is 21.7 Å². The summed E-state index contributed by atoms with van der Waals surface area (Å²) in [7, 11) is 0. The first-order valence-electron chi connectivity index (χ1n) is 6.62. The Morgan fingerprint density at radius 3 is 2.95 bits per heavy atom. The first-order valence-corrected chi connectivity index (χ1v) is 7.02.